The molecular formula is C56H88IN3O18. The third-order valence-electron chi connectivity index (χ3n) is 16.3. The van der Waals surface area contributed by atoms with Crippen molar-refractivity contribution >= 4 is 57.2 Å². The fourth-order valence-electron chi connectivity index (χ4n) is 11.4. The number of aromatic carboxylic acids is 1. The molecule has 21 nitrogen and oxygen atoms in total. The van der Waals surface area contributed by atoms with E-state index < -0.39 is 117 Å². The summed E-state index contributed by atoms with van der Waals surface area (Å²) < 4.78 is 57.2. The molecule has 0 radical (unpaired) electrons. The predicted molar refractivity (Wildman–Crippen MR) is 296 cm³/mol. The summed E-state index contributed by atoms with van der Waals surface area (Å²) in [5, 5.41) is 48.0. The molecule has 2 unspecified atom stereocenters. The number of methoxy groups -OCH3 is 2. The van der Waals surface area contributed by atoms with E-state index in [1.807, 2.05) is 51.9 Å². The maximum absolute atomic E-state index is 14.4. The number of halogens is 1. The number of aryl methyl sites for hydroxylation is 2. The van der Waals surface area contributed by atoms with Crippen LogP contribution in [0.15, 0.2) is 29.2 Å². The number of ketones is 1. The van der Waals surface area contributed by atoms with E-state index in [4.69, 9.17) is 42.6 Å². The van der Waals surface area contributed by atoms with Crippen LogP contribution in [0.4, 0.5) is 0 Å². The number of aliphatic hydroxyl groups is 3. The topological polar surface area (TPSA) is 270 Å². The Kier molecular flexibility index (Phi) is 23.7. The first kappa shape index (κ1) is 65.6. The number of hydrogen-bond donors (Lipinski definition) is 5. The average Bonchev–Trinajstić information content (AvgIpc) is 3.39. The molecule has 4 heterocycles. The number of fused-ring (bicyclic) bond motifs is 1. The van der Waals surface area contributed by atoms with Crippen molar-refractivity contribution in [2.75, 3.05) is 54.6 Å². The Labute approximate surface area is 472 Å². The van der Waals surface area contributed by atoms with Crippen molar-refractivity contribution in [2.45, 2.75) is 197 Å². The molecule has 5 rings (SSSR count). The van der Waals surface area contributed by atoms with Gasteiger partial charge in [-0.3, -0.25) is 19.2 Å². The van der Waals surface area contributed by atoms with Gasteiger partial charge in [0.2, 0.25) is 5.43 Å². The fourth-order valence-corrected chi connectivity index (χ4v) is 12.0. The van der Waals surface area contributed by atoms with E-state index >= 15 is 0 Å². The Morgan fingerprint density at radius 1 is 0.910 bits per heavy atom. The van der Waals surface area contributed by atoms with Gasteiger partial charge in [0.05, 0.1) is 60.6 Å². The fraction of sp³-hybridized carbons (Fsp3) is 0.768. The van der Waals surface area contributed by atoms with E-state index in [9.17, 15) is 44.4 Å². The first-order valence-corrected chi connectivity index (χ1v) is 28.5. The summed E-state index contributed by atoms with van der Waals surface area (Å²) in [5.74, 6) is -6.63. The number of nitrogens with zero attached hydrogens (tertiary/aromatic N) is 2. The third-order valence-corrected chi connectivity index (χ3v) is 17.8. The molecule has 2 aromatic rings. The van der Waals surface area contributed by atoms with Gasteiger partial charge in [-0.1, -0.05) is 26.8 Å². The SMILES string of the molecule is CCn1cc(C(=O)O)c(=O)c2cc(CCCOCCNCCC(=O)O[C@H]3[C@H](C)OC(O[C@H]4[C@H](C)[C@@H](OC5O[C@H](C)C[C@H](N(C)C)[C@H]5O)[C@](C)(OC)C[C@@H](C)C(=O)[C@H](C)[C@@H](O)[C@](C)(O)[C@@H](I)OC(=O)[C@@H]4C)C[C@@]3(C)OC)ccc21. The summed E-state index contributed by atoms with van der Waals surface area (Å²) in [7, 11) is 6.71. The second-order valence-electron chi connectivity index (χ2n) is 22.5. The lowest BCUT2D eigenvalue weighted by Crippen LogP contribution is -2.61. The molecule has 0 amide bonds. The van der Waals surface area contributed by atoms with E-state index in [1.165, 1.54) is 34.3 Å². The van der Waals surface area contributed by atoms with Crippen LogP contribution in [-0.4, -0.2) is 190 Å². The molecule has 5 N–H and O–H groups in total. The van der Waals surface area contributed by atoms with Crippen LogP contribution in [0.3, 0.4) is 0 Å². The molecule has 1 aromatic heterocycles. The number of carbonyl (C=O) groups excluding carboxylic acids is 3. The highest BCUT2D eigenvalue weighted by Crippen LogP contribution is 2.42. The highest BCUT2D eigenvalue weighted by molar-refractivity contribution is 14.1. The standard InChI is InChI=1S/C56H88IN3O18/c1-15-60-29-38(50(66)67)44(63)37-26-36(18-19-39(37)60)17-16-23-72-24-22-58-21-20-41(61)75-49-35(7)74-42(28-55(49,9)71-14)76-46-33(5)48(77-52-45(64)40(59(11)12)25-31(3)73-52)54(8,70-13)27-30(2)43(62)32(4)47(65)56(10,69)53(57)78-51(68)34(46)6/h18-19,26,29-35,40,42,45-49,52-53,58,64-65,69H,15-17,20-25,27-28H2,1-14H3,(H,66,67)/t30-,31-,32+,33+,34-,35+,40+,42?,45-,46+,47-,48-,49+,52?,53+,54-,55-,56+/m1/s1. The van der Waals surface area contributed by atoms with E-state index in [0.29, 0.717) is 63.0 Å². The zero-order valence-electron chi connectivity index (χ0n) is 48.0. The Hall–Kier alpha value is -3.24. The van der Waals surface area contributed by atoms with Gasteiger partial charge in [-0.25, -0.2) is 4.79 Å². The molecule has 78 heavy (non-hydrogen) atoms. The van der Waals surface area contributed by atoms with Gasteiger partial charge in [0.25, 0.3) is 0 Å². The summed E-state index contributed by atoms with van der Waals surface area (Å²) in [6.45, 7) is 19.2. The Morgan fingerprint density at radius 2 is 1.58 bits per heavy atom. The number of carboxylic acids is 1. The minimum absolute atomic E-state index is 0.0332. The zero-order chi connectivity index (χ0) is 58.2. The molecule has 22 heteroatoms. The van der Waals surface area contributed by atoms with Crippen molar-refractivity contribution in [2.24, 2.45) is 23.7 Å². The van der Waals surface area contributed by atoms with Gasteiger partial charge in [-0.05, 0) is 129 Å². The van der Waals surface area contributed by atoms with Gasteiger partial charge in [0, 0.05) is 82.3 Å². The number of aliphatic hydroxyl groups excluding tert-OH is 2. The van der Waals surface area contributed by atoms with Crippen molar-refractivity contribution in [3.8, 4) is 0 Å². The summed E-state index contributed by atoms with van der Waals surface area (Å²) in [6, 6.07) is 5.19. The van der Waals surface area contributed by atoms with Gasteiger partial charge in [0.15, 0.2) is 22.8 Å². The largest absolute Gasteiger partial charge is 0.477 e. The third kappa shape index (κ3) is 15.4. The highest BCUT2D eigenvalue weighted by atomic mass is 127. The summed E-state index contributed by atoms with van der Waals surface area (Å²) in [5.41, 5.74) is -3.71. The number of esters is 2. The Morgan fingerprint density at radius 3 is 2.21 bits per heavy atom. The van der Waals surface area contributed by atoms with Gasteiger partial charge < -0.3 is 77.8 Å². The first-order valence-electron chi connectivity index (χ1n) is 27.3. The monoisotopic (exact) mass is 1220 g/mol. The van der Waals surface area contributed by atoms with Crippen LogP contribution in [0.2, 0.25) is 0 Å². The van der Waals surface area contributed by atoms with Crippen LogP contribution >= 0.6 is 22.6 Å². The molecule has 18 atom stereocenters. The van der Waals surface area contributed by atoms with Gasteiger partial charge in [0.1, 0.15) is 28.7 Å². The smallest absolute Gasteiger partial charge is 0.341 e. The number of carboxylic acid groups (broad SMARTS) is 1. The minimum atomic E-state index is -2.05. The van der Waals surface area contributed by atoms with Crippen LogP contribution in [0.1, 0.15) is 117 Å². The first-order chi connectivity index (χ1) is 36.5. The predicted octanol–water partition coefficient (Wildman–Crippen LogP) is 4.64. The molecule has 0 spiro atoms. The number of cyclic esters (lactones) is 1. The quantitative estimate of drug-likeness (QED) is 0.0523. The minimum Gasteiger partial charge on any atom is -0.477 e. The number of pyridine rings is 1. The van der Waals surface area contributed by atoms with Crippen molar-refractivity contribution in [3.05, 3.63) is 45.7 Å². The van der Waals surface area contributed by atoms with Crippen molar-refractivity contribution < 1.29 is 82.2 Å². The number of carbonyl (C=O) groups is 4. The maximum Gasteiger partial charge on any atom is 0.341 e. The molecule has 442 valence electrons. The van der Waals surface area contributed by atoms with Crippen molar-refractivity contribution in [1.82, 2.24) is 14.8 Å². The average molecular weight is 1220 g/mol. The van der Waals surface area contributed by atoms with Crippen molar-refractivity contribution in [1.29, 1.82) is 0 Å². The Balaban J connectivity index is 1.26. The van der Waals surface area contributed by atoms with Gasteiger partial charge in [-0.2, -0.15) is 0 Å². The number of aromatic nitrogens is 1. The molecule has 3 aliphatic heterocycles. The summed E-state index contributed by atoms with van der Waals surface area (Å²) in [4.78, 5) is 68.4. The van der Waals surface area contributed by atoms with Crippen LogP contribution in [-0.2, 0) is 70.0 Å². The number of hydrogen-bond acceptors (Lipinski definition) is 19. The molecule has 0 bridgehead atoms. The number of benzene rings is 1. The second-order valence-corrected chi connectivity index (χ2v) is 23.7. The lowest BCUT2D eigenvalue weighted by atomic mass is 9.74. The highest BCUT2D eigenvalue weighted by Gasteiger charge is 2.55. The molecule has 3 fully saturated rings. The van der Waals surface area contributed by atoms with Crippen LogP contribution < -0.4 is 10.7 Å². The Bertz CT molecular complexity index is 2410. The summed E-state index contributed by atoms with van der Waals surface area (Å²) in [6.07, 6.45) is -5.76. The van der Waals surface area contributed by atoms with Crippen LogP contribution in [0, 0.1) is 23.7 Å². The van der Waals surface area contributed by atoms with Crippen LogP contribution in [0.5, 0.6) is 0 Å². The zero-order valence-corrected chi connectivity index (χ0v) is 50.2. The maximum atomic E-state index is 14.4. The number of nitrogens with one attached hydrogen (secondary N) is 1. The number of Topliss-reactive ketones (excluding diaryl/α,β-unsaturated/α-hetero) is 1. The lowest BCUT2D eigenvalue weighted by Gasteiger charge is -2.50. The molecule has 0 saturated carbocycles. The normalized spacial score (nSPS) is 36.5. The van der Waals surface area contributed by atoms with E-state index in [1.54, 1.807) is 67.8 Å². The second kappa shape index (κ2) is 28.2. The van der Waals surface area contributed by atoms with Gasteiger partial charge >= 0.3 is 17.9 Å². The van der Waals surface area contributed by atoms with E-state index in [2.05, 4.69) is 5.32 Å². The molecule has 1 aromatic carbocycles. The molecule has 0 aliphatic carbocycles. The molecule has 3 aliphatic rings. The van der Waals surface area contributed by atoms with Gasteiger partial charge in [-0.15, -0.1) is 0 Å². The number of ether oxygens (including phenoxy) is 9. The summed E-state index contributed by atoms with van der Waals surface area (Å²) >= 11 is 1.74. The van der Waals surface area contributed by atoms with Crippen LogP contribution in [0.25, 0.3) is 10.9 Å². The van der Waals surface area contributed by atoms with E-state index in [-0.39, 0.29) is 42.8 Å². The van der Waals surface area contributed by atoms with E-state index in [0.717, 1.165) is 5.56 Å². The van der Waals surface area contributed by atoms with Crippen molar-refractivity contribution in [3.63, 3.8) is 0 Å². The molecule has 3 saturated heterocycles. The number of alkyl halides is 1. The number of rotatable bonds is 20. The number of likely N-dealkylation sites (N-methyl/N-ethyl adjacent to an activating group) is 1. The molecular weight excluding hydrogens is 1130 g/mol. The lowest BCUT2D eigenvalue weighted by molar-refractivity contribution is -0.320.